The minimum absolute atomic E-state index is 0.175. The highest BCUT2D eigenvalue weighted by molar-refractivity contribution is 4.96. The Morgan fingerprint density at radius 3 is 1.49 bits per heavy atom. The second kappa shape index (κ2) is 14.8. The van der Waals surface area contributed by atoms with Crippen LogP contribution >= 0.6 is 0 Å². The number of aliphatic hydroxyl groups is 10. The molecule has 3 aliphatic rings. The van der Waals surface area contributed by atoms with Gasteiger partial charge in [0.25, 0.3) is 0 Å². The minimum atomic E-state index is -1.89. The summed E-state index contributed by atoms with van der Waals surface area (Å²) in [6, 6.07) is 0. The summed E-state index contributed by atoms with van der Waals surface area (Å²) in [4.78, 5) is 0. The van der Waals surface area contributed by atoms with Crippen molar-refractivity contribution in [1.82, 2.24) is 0 Å². The van der Waals surface area contributed by atoms with Gasteiger partial charge in [-0.15, -0.1) is 6.58 Å². The summed E-state index contributed by atoms with van der Waals surface area (Å²) < 4.78 is 32.8. The van der Waals surface area contributed by atoms with Crippen LogP contribution in [0.5, 0.6) is 0 Å². The van der Waals surface area contributed by atoms with Crippen LogP contribution in [0.4, 0.5) is 0 Å². The third kappa shape index (κ3) is 7.31. The van der Waals surface area contributed by atoms with E-state index in [2.05, 4.69) is 6.58 Å². The molecule has 3 rings (SSSR count). The molecule has 0 saturated carbocycles. The molecule has 0 aromatic rings. The highest BCUT2D eigenvalue weighted by Gasteiger charge is 2.53. The van der Waals surface area contributed by atoms with E-state index < -0.39 is 112 Å². The number of ether oxygens (including phenoxy) is 6. The van der Waals surface area contributed by atoms with Crippen molar-refractivity contribution in [2.75, 3.05) is 26.4 Å². The van der Waals surface area contributed by atoms with Crippen molar-refractivity contribution < 1.29 is 79.5 Å². The Morgan fingerprint density at radius 1 is 0.564 bits per heavy atom. The Labute approximate surface area is 224 Å². The van der Waals surface area contributed by atoms with E-state index in [1.54, 1.807) is 6.08 Å². The predicted octanol–water partition coefficient (Wildman–Crippen LogP) is -5.58. The zero-order chi connectivity index (χ0) is 28.9. The molecule has 0 radical (unpaired) electrons. The standard InChI is InChI=1S/C23H40O16/c1-2-3-4-5-34-21-17(32)14(29)19(10(7-25)36-21)39-23-18(33)15(30)20(11(8-26)37-23)38-22-16(31)13(28)12(27)9(6-24)35-22/h2,9-33H,1,3-8H2/t9?,10?,11?,12-,13?,14?,15?,16?,17?,18?,19+,20-,21+,22+,23-/m0/s1. The molecule has 9 unspecified atom stereocenters. The normalized spacial score (nSPS) is 47.2. The van der Waals surface area contributed by atoms with E-state index in [1.165, 1.54) is 0 Å². The van der Waals surface area contributed by atoms with Crippen LogP contribution in [0.25, 0.3) is 0 Å². The highest BCUT2D eigenvalue weighted by atomic mass is 16.8. The SMILES string of the molecule is C=CCCCO[C@@H]1OC(CO)[C@@H](O[C@@H]2OC(CO)[C@H](O[C@H]3OC(CO)[C@H](O)C(O)C3O)C(O)C2O)C(O)C1O. The summed E-state index contributed by atoms with van der Waals surface area (Å²) in [6.45, 7) is 1.54. The van der Waals surface area contributed by atoms with Crippen molar-refractivity contribution in [2.45, 2.75) is 105 Å². The summed E-state index contributed by atoms with van der Waals surface area (Å²) in [5.41, 5.74) is 0. The Balaban J connectivity index is 1.67. The maximum atomic E-state index is 10.8. The molecule has 0 bridgehead atoms. The van der Waals surface area contributed by atoms with Crippen molar-refractivity contribution in [3.8, 4) is 0 Å². The number of aliphatic hydroxyl groups excluding tert-OH is 10. The predicted molar refractivity (Wildman–Crippen MR) is 124 cm³/mol. The van der Waals surface area contributed by atoms with Gasteiger partial charge >= 0.3 is 0 Å². The first kappa shape index (κ1) is 32.6. The Hall–Kier alpha value is -0.900. The van der Waals surface area contributed by atoms with Crippen molar-refractivity contribution in [1.29, 1.82) is 0 Å². The fraction of sp³-hybridized carbons (Fsp3) is 0.913. The van der Waals surface area contributed by atoms with Crippen molar-refractivity contribution in [3.63, 3.8) is 0 Å². The number of allylic oxidation sites excluding steroid dienone is 1. The molecular formula is C23H40O16. The lowest BCUT2D eigenvalue weighted by molar-refractivity contribution is -0.379. The van der Waals surface area contributed by atoms with Gasteiger partial charge in [-0.05, 0) is 12.8 Å². The van der Waals surface area contributed by atoms with E-state index in [0.29, 0.717) is 12.8 Å². The third-order valence-electron chi connectivity index (χ3n) is 6.91. The largest absolute Gasteiger partial charge is 0.394 e. The van der Waals surface area contributed by atoms with E-state index in [9.17, 15) is 51.1 Å². The van der Waals surface area contributed by atoms with E-state index in [4.69, 9.17) is 28.4 Å². The fourth-order valence-electron chi connectivity index (χ4n) is 4.61. The molecule has 39 heavy (non-hydrogen) atoms. The fourth-order valence-corrected chi connectivity index (χ4v) is 4.61. The zero-order valence-corrected chi connectivity index (χ0v) is 21.1. The number of hydrogen-bond acceptors (Lipinski definition) is 16. The van der Waals surface area contributed by atoms with Crippen molar-refractivity contribution >= 4 is 0 Å². The molecule has 10 N–H and O–H groups in total. The van der Waals surface area contributed by atoms with Crippen molar-refractivity contribution in [3.05, 3.63) is 12.7 Å². The second-order valence-electron chi connectivity index (χ2n) is 9.61. The molecule has 3 heterocycles. The molecule has 16 heteroatoms. The summed E-state index contributed by atoms with van der Waals surface area (Å²) in [7, 11) is 0. The van der Waals surface area contributed by atoms with Crippen LogP contribution in [0, 0.1) is 0 Å². The van der Waals surface area contributed by atoms with Gasteiger partial charge in [-0.3, -0.25) is 0 Å². The lowest BCUT2D eigenvalue weighted by atomic mass is 9.96. The molecule has 0 aromatic heterocycles. The van der Waals surface area contributed by atoms with Crippen LogP contribution in [0.2, 0.25) is 0 Å². The molecule has 3 aliphatic heterocycles. The average Bonchev–Trinajstić information content (AvgIpc) is 2.93. The first-order chi connectivity index (χ1) is 18.6. The second-order valence-corrected chi connectivity index (χ2v) is 9.61. The van der Waals surface area contributed by atoms with Crippen LogP contribution in [-0.4, -0.2) is 170 Å². The van der Waals surface area contributed by atoms with Crippen LogP contribution < -0.4 is 0 Å². The number of rotatable bonds is 12. The van der Waals surface area contributed by atoms with Gasteiger partial charge in [0, 0.05) is 0 Å². The summed E-state index contributed by atoms with van der Waals surface area (Å²) >= 11 is 0. The zero-order valence-electron chi connectivity index (χ0n) is 21.1. The van der Waals surface area contributed by atoms with Crippen LogP contribution in [-0.2, 0) is 28.4 Å². The molecule has 228 valence electrons. The Bertz CT molecular complexity index is 739. The third-order valence-corrected chi connectivity index (χ3v) is 6.91. The van der Waals surface area contributed by atoms with Gasteiger partial charge in [0.2, 0.25) is 0 Å². The smallest absolute Gasteiger partial charge is 0.187 e. The molecule has 3 fully saturated rings. The summed E-state index contributed by atoms with van der Waals surface area (Å²) in [6.07, 6.45) is -21.1. The van der Waals surface area contributed by atoms with E-state index in [1.807, 2.05) is 0 Å². The van der Waals surface area contributed by atoms with E-state index in [0.717, 1.165) is 0 Å². The van der Waals surface area contributed by atoms with Gasteiger partial charge in [0.05, 0.1) is 26.4 Å². The minimum Gasteiger partial charge on any atom is -0.394 e. The molecule has 0 aromatic carbocycles. The topological polar surface area (TPSA) is 258 Å². The molecule has 0 spiro atoms. The van der Waals surface area contributed by atoms with E-state index >= 15 is 0 Å². The highest BCUT2D eigenvalue weighted by Crippen LogP contribution is 2.32. The van der Waals surface area contributed by atoms with Crippen molar-refractivity contribution in [2.24, 2.45) is 0 Å². The van der Waals surface area contributed by atoms with Crippen LogP contribution in [0.1, 0.15) is 12.8 Å². The van der Waals surface area contributed by atoms with E-state index in [-0.39, 0.29) is 6.61 Å². The van der Waals surface area contributed by atoms with Gasteiger partial charge < -0.3 is 79.5 Å². The molecule has 0 aliphatic carbocycles. The number of unbranched alkanes of at least 4 members (excludes halogenated alkanes) is 1. The maximum absolute atomic E-state index is 10.8. The number of hydrogen-bond donors (Lipinski definition) is 10. The lowest BCUT2D eigenvalue weighted by Crippen LogP contribution is -2.66. The van der Waals surface area contributed by atoms with Gasteiger partial charge in [-0.25, -0.2) is 0 Å². The summed E-state index contributed by atoms with van der Waals surface area (Å²) in [5.74, 6) is 0. The van der Waals surface area contributed by atoms with Gasteiger partial charge in [-0.2, -0.15) is 0 Å². The monoisotopic (exact) mass is 572 g/mol. The van der Waals surface area contributed by atoms with Gasteiger partial charge in [-0.1, -0.05) is 6.08 Å². The quantitative estimate of drug-likeness (QED) is 0.0772. The molecule has 15 atom stereocenters. The van der Waals surface area contributed by atoms with Crippen LogP contribution in [0.15, 0.2) is 12.7 Å². The molecular weight excluding hydrogens is 532 g/mol. The van der Waals surface area contributed by atoms with Gasteiger partial charge in [0.15, 0.2) is 18.9 Å². The Kier molecular flexibility index (Phi) is 12.4. The first-order valence-electron chi connectivity index (χ1n) is 12.7. The molecule has 0 amide bonds. The maximum Gasteiger partial charge on any atom is 0.187 e. The molecule has 3 saturated heterocycles. The molecule has 16 nitrogen and oxygen atoms in total. The van der Waals surface area contributed by atoms with Crippen LogP contribution in [0.3, 0.4) is 0 Å². The first-order valence-corrected chi connectivity index (χ1v) is 12.7. The Morgan fingerprint density at radius 2 is 1.00 bits per heavy atom. The summed E-state index contributed by atoms with van der Waals surface area (Å²) in [5, 5.41) is 102. The van der Waals surface area contributed by atoms with Gasteiger partial charge in [0.1, 0.15) is 73.2 Å². The average molecular weight is 573 g/mol. The lowest BCUT2D eigenvalue weighted by Gasteiger charge is -2.48.